The monoisotopic (exact) mass is 387 g/mol. The molecule has 0 aliphatic rings. The molecule has 7 nitrogen and oxygen atoms in total. The van der Waals surface area contributed by atoms with Gasteiger partial charge in [-0.2, -0.15) is 5.10 Å². The second-order valence-corrected chi connectivity index (χ2v) is 6.34. The predicted octanol–water partition coefficient (Wildman–Crippen LogP) is 2.44. The molecule has 0 fully saturated rings. The Morgan fingerprint density at radius 3 is 2.57 bits per heavy atom. The predicted molar refractivity (Wildman–Crippen MR) is 103 cm³/mol. The number of phenols is 1. The van der Waals surface area contributed by atoms with Gasteiger partial charge < -0.3 is 15.2 Å². The van der Waals surface area contributed by atoms with E-state index in [1.54, 1.807) is 32.0 Å². The van der Waals surface area contributed by atoms with Gasteiger partial charge in [-0.15, -0.1) is 0 Å². The van der Waals surface area contributed by atoms with Gasteiger partial charge in [0, 0.05) is 0 Å². The number of benzene rings is 2. The van der Waals surface area contributed by atoms with Crippen LogP contribution in [-0.4, -0.2) is 36.3 Å². The third kappa shape index (κ3) is 5.29. The Labute approximate surface area is 162 Å². The van der Waals surface area contributed by atoms with Gasteiger partial charge in [-0.1, -0.05) is 26.0 Å². The van der Waals surface area contributed by atoms with E-state index >= 15 is 0 Å². The van der Waals surface area contributed by atoms with Crippen molar-refractivity contribution in [1.29, 1.82) is 0 Å². The number of hydrogen-bond acceptors (Lipinski definition) is 5. The molecule has 148 valence electrons. The Morgan fingerprint density at radius 2 is 1.93 bits per heavy atom. The molecule has 1 unspecified atom stereocenters. The molecule has 3 N–H and O–H groups in total. The molecule has 2 rings (SSSR count). The van der Waals surface area contributed by atoms with Crippen molar-refractivity contribution in [3.05, 3.63) is 59.4 Å². The second-order valence-electron chi connectivity index (χ2n) is 6.34. The summed E-state index contributed by atoms with van der Waals surface area (Å²) in [5.41, 5.74) is 2.81. The minimum atomic E-state index is -0.904. The smallest absolute Gasteiger partial charge is 0.262 e. The molecular weight excluding hydrogens is 365 g/mol. The molecule has 28 heavy (non-hydrogen) atoms. The average Bonchev–Trinajstić information content (AvgIpc) is 2.67. The van der Waals surface area contributed by atoms with Crippen LogP contribution in [0, 0.1) is 11.7 Å². The quantitative estimate of drug-likeness (QED) is 0.502. The van der Waals surface area contributed by atoms with E-state index in [0.29, 0.717) is 5.56 Å². The summed E-state index contributed by atoms with van der Waals surface area (Å²) < 4.78 is 18.8. The standard InChI is InChI=1S/C20H22FN3O4/c1-12(2)18(23-19(26)14-6-4-5-7-15(14)21)20(27)24-22-11-13-8-9-16(25)17(10-13)28-3/h4-12,18,25H,1-3H3,(H,23,26)(H,24,27). The lowest BCUT2D eigenvalue weighted by molar-refractivity contribution is -0.123. The van der Waals surface area contributed by atoms with Crippen molar-refractivity contribution in [3.63, 3.8) is 0 Å². The van der Waals surface area contributed by atoms with E-state index < -0.39 is 23.7 Å². The van der Waals surface area contributed by atoms with Gasteiger partial charge in [-0.05, 0) is 41.8 Å². The van der Waals surface area contributed by atoms with Gasteiger partial charge in [-0.25, -0.2) is 9.82 Å². The van der Waals surface area contributed by atoms with Crippen LogP contribution in [-0.2, 0) is 4.79 Å². The number of carbonyl (C=O) groups is 2. The number of methoxy groups -OCH3 is 1. The SMILES string of the molecule is COc1cc(C=NNC(=O)C(NC(=O)c2ccccc2F)C(C)C)ccc1O. The maximum atomic E-state index is 13.8. The van der Waals surface area contributed by atoms with Crippen LogP contribution in [0.2, 0.25) is 0 Å². The summed E-state index contributed by atoms with van der Waals surface area (Å²) >= 11 is 0. The van der Waals surface area contributed by atoms with E-state index in [2.05, 4.69) is 15.8 Å². The van der Waals surface area contributed by atoms with Crippen LogP contribution < -0.4 is 15.5 Å². The van der Waals surface area contributed by atoms with E-state index in [-0.39, 0.29) is 23.0 Å². The summed E-state index contributed by atoms with van der Waals surface area (Å²) in [4.78, 5) is 24.7. The van der Waals surface area contributed by atoms with Crippen LogP contribution >= 0.6 is 0 Å². The summed E-state index contributed by atoms with van der Waals surface area (Å²) in [7, 11) is 1.42. The number of amides is 2. The van der Waals surface area contributed by atoms with E-state index in [1.165, 1.54) is 37.6 Å². The number of nitrogens with one attached hydrogen (secondary N) is 2. The van der Waals surface area contributed by atoms with E-state index in [4.69, 9.17) is 4.74 Å². The van der Waals surface area contributed by atoms with Gasteiger partial charge in [0.25, 0.3) is 11.8 Å². The number of hydrogen-bond donors (Lipinski definition) is 3. The number of hydrazone groups is 1. The van der Waals surface area contributed by atoms with Crippen LogP contribution in [0.5, 0.6) is 11.5 Å². The third-order valence-corrected chi connectivity index (χ3v) is 3.95. The molecule has 0 saturated carbocycles. The maximum Gasteiger partial charge on any atom is 0.262 e. The van der Waals surface area contributed by atoms with Crippen molar-refractivity contribution in [2.75, 3.05) is 7.11 Å². The molecule has 0 spiro atoms. The van der Waals surface area contributed by atoms with Crippen LogP contribution in [0.3, 0.4) is 0 Å². The molecule has 0 aliphatic heterocycles. The zero-order valence-corrected chi connectivity index (χ0v) is 15.8. The molecule has 2 amide bonds. The molecule has 0 aromatic heterocycles. The lowest BCUT2D eigenvalue weighted by Crippen LogP contribution is -2.48. The van der Waals surface area contributed by atoms with Crippen molar-refractivity contribution < 1.29 is 23.8 Å². The van der Waals surface area contributed by atoms with Crippen molar-refractivity contribution in [2.24, 2.45) is 11.0 Å². The van der Waals surface area contributed by atoms with Crippen LogP contribution in [0.25, 0.3) is 0 Å². The third-order valence-electron chi connectivity index (χ3n) is 3.95. The van der Waals surface area contributed by atoms with E-state index in [0.717, 1.165) is 0 Å². The van der Waals surface area contributed by atoms with Crippen LogP contribution in [0.4, 0.5) is 4.39 Å². The molecule has 2 aromatic rings. The lowest BCUT2D eigenvalue weighted by atomic mass is 10.0. The molecule has 0 bridgehead atoms. The Morgan fingerprint density at radius 1 is 1.21 bits per heavy atom. The fraction of sp³-hybridized carbons (Fsp3) is 0.250. The number of halogens is 1. The number of carbonyl (C=O) groups excluding carboxylic acids is 2. The van der Waals surface area contributed by atoms with Gasteiger partial charge in [0.15, 0.2) is 11.5 Å². The van der Waals surface area contributed by atoms with Crippen molar-refractivity contribution in [3.8, 4) is 11.5 Å². The van der Waals surface area contributed by atoms with Gasteiger partial charge >= 0.3 is 0 Å². The molecular formula is C20H22FN3O4. The highest BCUT2D eigenvalue weighted by Gasteiger charge is 2.25. The van der Waals surface area contributed by atoms with Gasteiger partial charge in [0.1, 0.15) is 11.9 Å². The largest absolute Gasteiger partial charge is 0.504 e. The minimum absolute atomic E-state index is 0.0144. The Hall–Kier alpha value is -3.42. The van der Waals surface area contributed by atoms with Crippen LogP contribution in [0.15, 0.2) is 47.6 Å². The first-order valence-electron chi connectivity index (χ1n) is 8.58. The molecule has 0 aliphatic carbocycles. The number of rotatable bonds is 7. The highest BCUT2D eigenvalue weighted by molar-refractivity contribution is 5.98. The van der Waals surface area contributed by atoms with Crippen molar-refractivity contribution in [2.45, 2.75) is 19.9 Å². The zero-order valence-electron chi connectivity index (χ0n) is 15.8. The Kier molecular flexibility index (Phi) is 7.08. The molecule has 0 heterocycles. The first-order valence-corrected chi connectivity index (χ1v) is 8.58. The summed E-state index contributed by atoms with van der Waals surface area (Å²) in [5.74, 6) is -1.88. The Balaban J connectivity index is 2.05. The van der Waals surface area contributed by atoms with Crippen molar-refractivity contribution >= 4 is 18.0 Å². The summed E-state index contributed by atoms with van der Waals surface area (Å²) in [6.07, 6.45) is 1.37. The first kappa shape index (κ1) is 20.9. The topological polar surface area (TPSA) is 100 Å². The van der Waals surface area contributed by atoms with Crippen molar-refractivity contribution in [1.82, 2.24) is 10.7 Å². The minimum Gasteiger partial charge on any atom is -0.504 e. The number of phenolic OH excluding ortho intramolecular Hbond substituents is 1. The highest BCUT2D eigenvalue weighted by atomic mass is 19.1. The lowest BCUT2D eigenvalue weighted by Gasteiger charge is -2.20. The maximum absolute atomic E-state index is 13.8. The zero-order chi connectivity index (χ0) is 20.7. The fourth-order valence-electron chi connectivity index (χ4n) is 2.41. The number of nitrogens with zero attached hydrogens (tertiary/aromatic N) is 1. The number of aromatic hydroxyl groups is 1. The molecule has 0 radical (unpaired) electrons. The van der Waals surface area contributed by atoms with Gasteiger partial charge in [0.2, 0.25) is 0 Å². The normalized spacial score (nSPS) is 12.0. The fourth-order valence-corrected chi connectivity index (χ4v) is 2.41. The average molecular weight is 387 g/mol. The molecule has 1 atom stereocenters. The van der Waals surface area contributed by atoms with Gasteiger partial charge in [0.05, 0.1) is 18.9 Å². The molecule has 8 heteroatoms. The van der Waals surface area contributed by atoms with E-state index in [9.17, 15) is 19.1 Å². The molecule has 0 saturated heterocycles. The summed E-state index contributed by atoms with van der Waals surface area (Å²) in [6, 6.07) is 9.21. The van der Waals surface area contributed by atoms with Crippen LogP contribution in [0.1, 0.15) is 29.8 Å². The molecule has 2 aromatic carbocycles. The highest BCUT2D eigenvalue weighted by Crippen LogP contribution is 2.25. The van der Waals surface area contributed by atoms with Gasteiger partial charge in [-0.3, -0.25) is 9.59 Å². The van der Waals surface area contributed by atoms with E-state index in [1.807, 2.05) is 0 Å². The second kappa shape index (κ2) is 9.50. The Bertz CT molecular complexity index is 884. The first-order chi connectivity index (χ1) is 13.3. The summed E-state index contributed by atoms with van der Waals surface area (Å²) in [5, 5.41) is 16.0. The summed E-state index contributed by atoms with van der Waals surface area (Å²) in [6.45, 7) is 3.50. The number of ether oxygens (including phenoxy) is 1.